The van der Waals surface area contributed by atoms with Crippen molar-refractivity contribution in [2.24, 2.45) is 0 Å². The summed E-state index contributed by atoms with van der Waals surface area (Å²) < 4.78 is 7.16. The summed E-state index contributed by atoms with van der Waals surface area (Å²) in [6.07, 6.45) is 0. The molecule has 5 aromatic rings. The normalized spacial score (nSPS) is 11.0. The van der Waals surface area contributed by atoms with Gasteiger partial charge in [0.25, 0.3) is 5.56 Å². The number of ether oxygens (including phenoxy) is 1. The highest BCUT2D eigenvalue weighted by Crippen LogP contribution is 2.22. The van der Waals surface area contributed by atoms with E-state index in [0.717, 1.165) is 17.1 Å². The first-order valence-corrected chi connectivity index (χ1v) is 9.92. The Hall–Kier alpha value is -3.71. The van der Waals surface area contributed by atoms with Gasteiger partial charge in [-0.25, -0.2) is 4.98 Å². The predicted octanol–water partition coefficient (Wildman–Crippen LogP) is 4.71. The van der Waals surface area contributed by atoms with E-state index in [4.69, 9.17) is 4.74 Å². The minimum atomic E-state index is -0.155. The van der Waals surface area contributed by atoms with Gasteiger partial charge in [-0.2, -0.15) is 4.52 Å². The molecule has 29 heavy (non-hydrogen) atoms. The number of hydrogen-bond acceptors (Lipinski definition) is 6. The van der Waals surface area contributed by atoms with Crippen molar-refractivity contribution in [2.45, 2.75) is 6.54 Å². The Bertz CT molecular complexity index is 1340. The molecule has 0 unspecified atom stereocenters. The van der Waals surface area contributed by atoms with Crippen LogP contribution in [0.4, 0.5) is 5.13 Å². The Morgan fingerprint density at radius 3 is 2.45 bits per heavy atom. The number of nitrogens with zero attached hydrogens (tertiary/aromatic N) is 3. The molecule has 5 rings (SSSR count). The Kier molecular flexibility index (Phi) is 4.42. The summed E-state index contributed by atoms with van der Waals surface area (Å²) in [5, 5.41) is 8.86. The van der Waals surface area contributed by atoms with Crippen molar-refractivity contribution in [1.82, 2.24) is 14.6 Å². The van der Waals surface area contributed by atoms with Crippen molar-refractivity contribution < 1.29 is 4.74 Å². The average molecular weight is 400 g/mol. The monoisotopic (exact) mass is 400 g/mol. The highest BCUT2D eigenvalue weighted by Gasteiger charge is 2.10. The van der Waals surface area contributed by atoms with Gasteiger partial charge in [0.1, 0.15) is 11.5 Å². The van der Waals surface area contributed by atoms with Crippen LogP contribution in [0, 0.1) is 0 Å². The van der Waals surface area contributed by atoms with Crippen LogP contribution in [0.1, 0.15) is 5.56 Å². The van der Waals surface area contributed by atoms with Crippen LogP contribution in [0.3, 0.4) is 0 Å². The SMILES string of the molecule is O=c1c2ccccc2nc2sc(NCc3ccc(Oc4ccccc4)cc3)nn12. The lowest BCUT2D eigenvalue weighted by Crippen LogP contribution is -2.15. The second-order valence-corrected chi connectivity index (χ2v) is 7.40. The number of aromatic nitrogens is 3. The molecule has 0 spiro atoms. The van der Waals surface area contributed by atoms with Gasteiger partial charge in [0.2, 0.25) is 10.1 Å². The van der Waals surface area contributed by atoms with Crippen molar-refractivity contribution in [2.75, 3.05) is 5.32 Å². The van der Waals surface area contributed by atoms with E-state index in [1.54, 1.807) is 6.07 Å². The van der Waals surface area contributed by atoms with Gasteiger partial charge in [0.05, 0.1) is 10.9 Å². The minimum absolute atomic E-state index is 0.155. The number of fused-ring (bicyclic) bond motifs is 2. The lowest BCUT2D eigenvalue weighted by Gasteiger charge is -2.07. The molecule has 0 aliphatic heterocycles. The Balaban J connectivity index is 1.32. The van der Waals surface area contributed by atoms with E-state index in [-0.39, 0.29) is 5.56 Å². The molecular weight excluding hydrogens is 384 g/mol. The molecule has 142 valence electrons. The molecule has 2 aromatic heterocycles. The second kappa shape index (κ2) is 7.37. The van der Waals surface area contributed by atoms with Crippen LogP contribution in [-0.4, -0.2) is 14.6 Å². The highest BCUT2D eigenvalue weighted by molar-refractivity contribution is 7.20. The quantitative estimate of drug-likeness (QED) is 0.463. The van der Waals surface area contributed by atoms with Gasteiger partial charge >= 0.3 is 0 Å². The summed E-state index contributed by atoms with van der Waals surface area (Å²) >= 11 is 1.36. The fourth-order valence-electron chi connectivity index (χ4n) is 3.00. The summed E-state index contributed by atoms with van der Waals surface area (Å²) in [4.78, 5) is 17.7. The summed E-state index contributed by atoms with van der Waals surface area (Å²) in [5.41, 5.74) is 1.61. The summed E-state index contributed by atoms with van der Waals surface area (Å²) in [6.45, 7) is 0.583. The molecule has 0 radical (unpaired) electrons. The van der Waals surface area contributed by atoms with Crippen molar-refractivity contribution in [3.05, 3.63) is 94.8 Å². The summed E-state index contributed by atoms with van der Waals surface area (Å²) in [7, 11) is 0. The maximum atomic E-state index is 12.6. The molecule has 3 aromatic carbocycles. The Morgan fingerprint density at radius 1 is 0.897 bits per heavy atom. The fraction of sp³-hybridized carbons (Fsp3) is 0.0455. The molecule has 2 heterocycles. The van der Waals surface area contributed by atoms with Crippen molar-refractivity contribution in [1.29, 1.82) is 0 Å². The van der Waals surface area contributed by atoms with E-state index in [0.29, 0.717) is 27.5 Å². The first kappa shape index (κ1) is 17.4. The van der Waals surface area contributed by atoms with E-state index < -0.39 is 0 Å². The van der Waals surface area contributed by atoms with E-state index in [1.807, 2.05) is 72.8 Å². The molecule has 6 nitrogen and oxygen atoms in total. The van der Waals surface area contributed by atoms with Crippen molar-refractivity contribution in [3.63, 3.8) is 0 Å². The lowest BCUT2D eigenvalue weighted by atomic mass is 10.2. The number of anilines is 1. The summed E-state index contributed by atoms with van der Waals surface area (Å²) in [6, 6.07) is 24.8. The molecule has 0 aliphatic rings. The van der Waals surface area contributed by atoms with E-state index in [9.17, 15) is 4.79 Å². The van der Waals surface area contributed by atoms with Gasteiger partial charge in [-0.3, -0.25) is 4.79 Å². The van der Waals surface area contributed by atoms with Gasteiger partial charge in [-0.1, -0.05) is 53.8 Å². The van der Waals surface area contributed by atoms with Crippen LogP contribution < -0.4 is 15.6 Å². The predicted molar refractivity (Wildman–Crippen MR) is 115 cm³/mol. The maximum Gasteiger partial charge on any atom is 0.283 e. The standard InChI is InChI=1S/C22H16N4O2S/c27-20-18-8-4-5-9-19(18)24-22-26(20)25-21(29-22)23-14-15-10-12-17(13-11-15)28-16-6-2-1-3-7-16/h1-13H,14H2,(H,23,25). The molecular formula is C22H16N4O2S. The van der Waals surface area contributed by atoms with Gasteiger partial charge in [-0.15, -0.1) is 5.10 Å². The minimum Gasteiger partial charge on any atom is -0.457 e. The zero-order valence-corrected chi connectivity index (χ0v) is 16.1. The van der Waals surface area contributed by atoms with Crippen LogP contribution in [0.15, 0.2) is 83.7 Å². The molecule has 0 aliphatic carbocycles. The van der Waals surface area contributed by atoms with Crippen LogP contribution in [-0.2, 0) is 6.54 Å². The van der Waals surface area contributed by atoms with E-state index in [2.05, 4.69) is 15.4 Å². The lowest BCUT2D eigenvalue weighted by molar-refractivity contribution is 0.482. The van der Waals surface area contributed by atoms with Gasteiger partial charge in [-0.05, 0) is 42.0 Å². The number of benzene rings is 3. The fourth-order valence-corrected chi connectivity index (χ4v) is 3.80. The third-order valence-electron chi connectivity index (χ3n) is 4.45. The summed E-state index contributed by atoms with van der Waals surface area (Å²) in [5.74, 6) is 1.58. The number of nitrogens with one attached hydrogen (secondary N) is 1. The van der Waals surface area contributed by atoms with Gasteiger partial charge < -0.3 is 10.1 Å². The third kappa shape index (κ3) is 3.55. The highest BCUT2D eigenvalue weighted by atomic mass is 32.1. The second-order valence-electron chi connectivity index (χ2n) is 6.45. The largest absolute Gasteiger partial charge is 0.457 e. The van der Waals surface area contributed by atoms with Crippen molar-refractivity contribution in [3.8, 4) is 11.5 Å². The molecule has 0 amide bonds. The smallest absolute Gasteiger partial charge is 0.283 e. The van der Waals surface area contributed by atoms with E-state index >= 15 is 0 Å². The number of hydrogen-bond donors (Lipinski definition) is 1. The van der Waals surface area contributed by atoms with E-state index in [1.165, 1.54) is 15.9 Å². The molecule has 7 heteroatoms. The van der Waals surface area contributed by atoms with Crippen molar-refractivity contribution >= 4 is 32.3 Å². The third-order valence-corrected chi connectivity index (χ3v) is 5.32. The Labute approximate surface area is 170 Å². The van der Waals surface area contributed by atoms with Crippen LogP contribution in [0.2, 0.25) is 0 Å². The van der Waals surface area contributed by atoms with Crippen LogP contribution in [0.5, 0.6) is 11.5 Å². The molecule has 0 saturated carbocycles. The molecule has 1 N–H and O–H groups in total. The van der Waals surface area contributed by atoms with Gasteiger partial charge in [0.15, 0.2) is 0 Å². The first-order valence-electron chi connectivity index (χ1n) is 9.11. The topological polar surface area (TPSA) is 68.5 Å². The molecule has 0 saturated heterocycles. The maximum absolute atomic E-state index is 12.6. The zero-order chi connectivity index (χ0) is 19.6. The van der Waals surface area contributed by atoms with Crippen LogP contribution in [0.25, 0.3) is 15.9 Å². The first-order chi connectivity index (χ1) is 14.3. The Morgan fingerprint density at radius 2 is 1.62 bits per heavy atom. The van der Waals surface area contributed by atoms with Gasteiger partial charge in [0, 0.05) is 6.54 Å². The molecule has 0 bridgehead atoms. The average Bonchev–Trinajstić information content (AvgIpc) is 3.17. The molecule has 0 fully saturated rings. The number of para-hydroxylation sites is 2. The van der Waals surface area contributed by atoms with Crippen LogP contribution >= 0.6 is 11.3 Å². The molecule has 0 atom stereocenters. The zero-order valence-electron chi connectivity index (χ0n) is 15.3. The number of rotatable bonds is 5.